The van der Waals surface area contributed by atoms with Crippen LogP contribution in [-0.4, -0.2) is 0 Å². The minimum absolute atomic E-state index is 0.0802. The Morgan fingerprint density at radius 3 is 2.41 bits per heavy atom. The molecule has 3 heteroatoms. The smallest absolute Gasteiger partial charge is 0.127 e. The van der Waals surface area contributed by atoms with Crippen LogP contribution in [0, 0.1) is 24.2 Å². The lowest BCUT2D eigenvalue weighted by atomic mass is 9.82. The molecule has 0 heterocycles. The zero-order valence-corrected chi connectivity index (χ0v) is 19.7. The fourth-order valence-corrected chi connectivity index (χ4v) is 4.12. The predicted octanol–water partition coefficient (Wildman–Crippen LogP) is 7.05. The Balaban J connectivity index is 0.000000370. The highest BCUT2D eigenvalue weighted by Gasteiger charge is 2.28. The van der Waals surface area contributed by atoms with Crippen molar-refractivity contribution in [2.24, 2.45) is 5.92 Å². The zero-order valence-electron chi connectivity index (χ0n) is 18.5. The van der Waals surface area contributed by atoms with Gasteiger partial charge in [0, 0.05) is 5.30 Å². The number of fused-ring (bicyclic) bond motifs is 1. The summed E-state index contributed by atoms with van der Waals surface area (Å²) in [6.45, 7) is 8.71. The molecule has 0 saturated carbocycles. The van der Waals surface area contributed by atoms with Crippen LogP contribution in [0.4, 0.5) is 0 Å². The molecule has 2 unspecified atom stereocenters. The molecular weight excluding hydrogens is 373 g/mol. The first-order valence-electron chi connectivity index (χ1n) is 11.1. The second-order valence-electron chi connectivity index (χ2n) is 8.08. The summed E-state index contributed by atoms with van der Waals surface area (Å²) in [5, 5.41) is 10.1. The SMILES string of the molecule is CCCCCCC.Cc1c(C#N)ccc(O[C@H]2c3ccccc3CCC2C)c1P. The van der Waals surface area contributed by atoms with Crippen molar-refractivity contribution in [3.8, 4) is 11.8 Å². The monoisotopic (exact) mass is 409 g/mol. The fraction of sp³-hybridized carbons (Fsp3) is 0.500. The molecule has 3 rings (SSSR count). The van der Waals surface area contributed by atoms with Crippen LogP contribution in [0.2, 0.25) is 0 Å². The van der Waals surface area contributed by atoms with E-state index in [1.54, 1.807) is 0 Å². The van der Waals surface area contributed by atoms with Gasteiger partial charge in [-0.25, -0.2) is 0 Å². The van der Waals surface area contributed by atoms with Crippen molar-refractivity contribution in [3.63, 3.8) is 0 Å². The van der Waals surface area contributed by atoms with E-state index in [0.29, 0.717) is 11.5 Å². The maximum absolute atomic E-state index is 9.13. The van der Waals surface area contributed by atoms with E-state index in [9.17, 15) is 0 Å². The third-order valence-corrected chi connectivity index (χ3v) is 6.52. The van der Waals surface area contributed by atoms with E-state index in [1.165, 1.54) is 43.2 Å². The Kier molecular flexibility index (Phi) is 9.69. The van der Waals surface area contributed by atoms with E-state index in [4.69, 9.17) is 10.00 Å². The van der Waals surface area contributed by atoms with Gasteiger partial charge in [0.1, 0.15) is 11.9 Å². The number of benzene rings is 2. The van der Waals surface area contributed by atoms with Gasteiger partial charge < -0.3 is 4.74 Å². The molecule has 0 aromatic heterocycles. The topological polar surface area (TPSA) is 33.0 Å². The first-order chi connectivity index (χ1) is 14.0. The maximum atomic E-state index is 9.13. The van der Waals surface area contributed by atoms with Crippen molar-refractivity contribution >= 4 is 14.5 Å². The molecule has 2 aromatic carbocycles. The van der Waals surface area contributed by atoms with Crippen LogP contribution in [0.15, 0.2) is 36.4 Å². The molecule has 3 atom stereocenters. The first kappa shape index (κ1) is 23.4. The van der Waals surface area contributed by atoms with Crippen molar-refractivity contribution in [3.05, 3.63) is 58.7 Å². The van der Waals surface area contributed by atoms with E-state index in [-0.39, 0.29) is 6.10 Å². The standard InChI is InChI=1S/C19H20NOP.C7H16/c1-12-7-8-14-5-3-4-6-16(14)18(12)21-17-10-9-15(11-20)13(2)19(17)22;1-3-5-7-6-4-2/h3-6,9-10,12,18H,7-8,22H2,1-2H3;3-7H2,1-2H3/t12?,18-;/m1./s1. The second kappa shape index (κ2) is 12.0. The van der Waals surface area contributed by atoms with Crippen LogP contribution in [0.3, 0.4) is 0 Å². The van der Waals surface area contributed by atoms with Gasteiger partial charge in [0.2, 0.25) is 0 Å². The van der Waals surface area contributed by atoms with Crippen LogP contribution in [0.25, 0.3) is 0 Å². The summed E-state index contributed by atoms with van der Waals surface area (Å²) < 4.78 is 6.37. The van der Waals surface area contributed by atoms with Crippen molar-refractivity contribution in [2.75, 3.05) is 0 Å². The van der Waals surface area contributed by atoms with Crippen LogP contribution in [0.5, 0.6) is 5.75 Å². The minimum Gasteiger partial charge on any atom is -0.485 e. The fourth-order valence-electron chi connectivity index (χ4n) is 3.80. The highest BCUT2D eigenvalue weighted by Crippen LogP contribution is 2.37. The Morgan fingerprint density at radius 2 is 1.76 bits per heavy atom. The van der Waals surface area contributed by atoms with E-state index >= 15 is 0 Å². The number of nitrogens with zero attached hydrogens (tertiary/aromatic N) is 1. The van der Waals surface area contributed by atoms with Crippen molar-refractivity contribution in [1.82, 2.24) is 0 Å². The number of nitriles is 1. The number of ether oxygens (including phenoxy) is 1. The van der Waals surface area contributed by atoms with E-state index in [0.717, 1.165) is 29.5 Å². The molecule has 0 amide bonds. The Morgan fingerprint density at radius 1 is 1.07 bits per heavy atom. The average molecular weight is 410 g/mol. The molecule has 2 aromatic rings. The van der Waals surface area contributed by atoms with Gasteiger partial charge in [-0.3, -0.25) is 0 Å². The van der Waals surface area contributed by atoms with Gasteiger partial charge in [-0.2, -0.15) is 5.26 Å². The third kappa shape index (κ3) is 6.32. The van der Waals surface area contributed by atoms with E-state index in [2.05, 4.69) is 60.3 Å². The lowest BCUT2D eigenvalue weighted by Gasteiger charge is -2.32. The van der Waals surface area contributed by atoms with Crippen molar-refractivity contribution in [2.45, 2.75) is 78.7 Å². The third-order valence-electron chi connectivity index (χ3n) is 5.80. The van der Waals surface area contributed by atoms with Crippen molar-refractivity contribution in [1.29, 1.82) is 5.26 Å². The molecule has 0 saturated heterocycles. The normalized spacial score (nSPS) is 17.5. The summed E-state index contributed by atoms with van der Waals surface area (Å²) in [6.07, 6.45) is 9.35. The van der Waals surface area contributed by atoms with Gasteiger partial charge in [-0.05, 0) is 54.5 Å². The molecular formula is C26H36NOP. The van der Waals surface area contributed by atoms with Gasteiger partial charge in [0.05, 0.1) is 11.6 Å². The summed E-state index contributed by atoms with van der Waals surface area (Å²) in [5.74, 6) is 1.34. The molecule has 2 nitrogen and oxygen atoms in total. The molecule has 0 aliphatic heterocycles. The zero-order chi connectivity index (χ0) is 21.2. The number of rotatable bonds is 6. The molecule has 0 bridgehead atoms. The van der Waals surface area contributed by atoms with E-state index in [1.807, 2.05) is 19.1 Å². The molecule has 156 valence electrons. The molecule has 0 fully saturated rings. The number of hydrogen-bond donors (Lipinski definition) is 0. The summed E-state index contributed by atoms with van der Waals surface area (Å²) in [6, 6.07) is 14.5. The van der Waals surface area contributed by atoms with Gasteiger partial charge in [0.15, 0.2) is 0 Å². The maximum Gasteiger partial charge on any atom is 0.127 e. The number of hydrogen-bond acceptors (Lipinski definition) is 2. The van der Waals surface area contributed by atoms with Gasteiger partial charge in [-0.15, -0.1) is 9.24 Å². The summed E-state index contributed by atoms with van der Waals surface area (Å²) in [5.41, 5.74) is 4.37. The van der Waals surface area contributed by atoms with Crippen LogP contribution in [-0.2, 0) is 6.42 Å². The van der Waals surface area contributed by atoms with Crippen LogP contribution < -0.4 is 10.0 Å². The van der Waals surface area contributed by atoms with Gasteiger partial charge in [-0.1, -0.05) is 77.1 Å². The molecule has 1 aliphatic carbocycles. The van der Waals surface area contributed by atoms with E-state index < -0.39 is 0 Å². The van der Waals surface area contributed by atoms with Crippen LogP contribution in [0.1, 0.15) is 87.7 Å². The highest BCUT2D eigenvalue weighted by atomic mass is 31.0. The highest BCUT2D eigenvalue weighted by molar-refractivity contribution is 7.28. The van der Waals surface area contributed by atoms with Gasteiger partial charge in [0.25, 0.3) is 0 Å². The summed E-state index contributed by atoms with van der Waals surface area (Å²) in [7, 11) is 2.72. The molecule has 0 N–H and O–H groups in total. The first-order valence-corrected chi connectivity index (χ1v) is 11.6. The Hall–Kier alpha value is -1.84. The lowest BCUT2D eigenvalue weighted by Crippen LogP contribution is -2.24. The lowest BCUT2D eigenvalue weighted by molar-refractivity contribution is 0.130. The number of aryl methyl sites for hydroxylation is 1. The van der Waals surface area contributed by atoms with Crippen molar-refractivity contribution < 1.29 is 4.74 Å². The average Bonchev–Trinajstić information content (AvgIpc) is 2.74. The molecule has 29 heavy (non-hydrogen) atoms. The van der Waals surface area contributed by atoms with Crippen LogP contribution >= 0.6 is 9.24 Å². The Bertz CT molecular complexity index is 820. The predicted molar refractivity (Wildman–Crippen MR) is 127 cm³/mol. The van der Waals surface area contributed by atoms with Gasteiger partial charge >= 0.3 is 0 Å². The quantitative estimate of drug-likeness (QED) is 0.378. The molecule has 0 radical (unpaired) electrons. The minimum atomic E-state index is 0.0802. The second-order valence-corrected chi connectivity index (χ2v) is 8.65. The summed E-state index contributed by atoms with van der Waals surface area (Å²) in [4.78, 5) is 0. The molecule has 0 spiro atoms. The Labute approximate surface area is 179 Å². The number of unbranched alkanes of at least 4 members (excludes halogenated alkanes) is 4. The summed E-state index contributed by atoms with van der Waals surface area (Å²) >= 11 is 0. The largest absolute Gasteiger partial charge is 0.485 e. The molecule has 1 aliphatic rings.